The minimum atomic E-state index is -0.644. The van der Waals surface area contributed by atoms with E-state index in [1.54, 1.807) is 19.1 Å². The predicted molar refractivity (Wildman–Crippen MR) is 90.3 cm³/mol. The third kappa shape index (κ3) is 4.50. The smallest absolute Gasteiger partial charge is 0.338 e. The Bertz CT molecular complexity index is 640. The third-order valence-electron chi connectivity index (χ3n) is 3.92. The standard InChI is InChI=1S/C18H24N2O4/c1-3-4-5-6-10-24-17(22)15-12(2)19-18(23)20-16(15)13-8-7-9-14(21)11-13/h7-9,11,16,21H,3-6,10H2,1-2H3,(H2,19,20,23)/t16-/m1/s1. The Kier molecular flexibility index (Phi) is 6.23. The van der Waals surface area contributed by atoms with Crippen molar-refractivity contribution in [3.05, 3.63) is 41.1 Å². The monoisotopic (exact) mass is 332 g/mol. The summed E-state index contributed by atoms with van der Waals surface area (Å²) in [6, 6.07) is 5.45. The van der Waals surface area contributed by atoms with Gasteiger partial charge in [0.05, 0.1) is 18.2 Å². The van der Waals surface area contributed by atoms with Crippen LogP contribution in [0.1, 0.15) is 51.1 Å². The maximum absolute atomic E-state index is 12.5. The van der Waals surface area contributed by atoms with Crippen LogP contribution in [0.15, 0.2) is 35.5 Å². The number of hydrogen-bond acceptors (Lipinski definition) is 4. The van der Waals surface area contributed by atoms with Gasteiger partial charge in [-0.2, -0.15) is 0 Å². The highest BCUT2D eigenvalue weighted by Crippen LogP contribution is 2.29. The van der Waals surface area contributed by atoms with Crippen LogP contribution in [-0.2, 0) is 9.53 Å². The molecule has 6 heteroatoms. The number of urea groups is 1. The zero-order valence-corrected chi connectivity index (χ0v) is 14.1. The largest absolute Gasteiger partial charge is 0.508 e. The summed E-state index contributed by atoms with van der Waals surface area (Å²) in [5.41, 5.74) is 1.45. The lowest BCUT2D eigenvalue weighted by Gasteiger charge is -2.28. The second-order valence-corrected chi connectivity index (χ2v) is 5.86. The number of nitrogens with one attached hydrogen (secondary N) is 2. The molecule has 0 spiro atoms. The number of esters is 1. The maximum atomic E-state index is 12.5. The van der Waals surface area contributed by atoms with Crippen LogP contribution in [-0.4, -0.2) is 23.7 Å². The summed E-state index contributed by atoms with van der Waals surface area (Å²) < 4.78 is 5.37. The quantitative estimate of drug-likeness (QED) is 0.529. The molecular weight excluding hydrogens is 308 g/mol. The van der Waals surface area contributed by atoms with Crippen molar-refractivity contribution in [2.24, 2.45) is 0 Å². The van der Waals surface area contributed by atoms with Crippen molar-refractivity contribution in [1.29, 1.82) is 0 Å². The van der Waals surface area contributed by atoms with Crippen LogP contribution in [0, 0.1) is 0 Å². The molecule has 2 rings (SSSR count). The van der Waals surface area contributed by atoms with E-state index in [9.17, 15) is 14.7 Å². The van der Waals surface area contributed by atoms with E-state index in [4.69, 9.17) is 4.74 Å². The number of benzene rings is 1. The van der Waals surface area contributed by atoms with Gasteiger partial charge in [-0.3, -0.25) is 0 Å². The zero-order chi connectivity index (χ0) is 17.5. The average Bonchev–Trinajstić information content (AvgIpc) is 2.53. The number of carbonyl (C=O) groups excluding carboxylic acids is 2. The Morgan fingerprint density at radius 1 is 1.29 bits per heavy atom. The molecule has 6 nitrogen and oxygen atoms in total. The molecule has 1 aromatic rings. The molecule has 0 fully saturated rings. The van der Waals surface area contributed by atoms with Gasteiger partial charge in [-0.1, -0.05) is 38.3 Å². The van der Waals surface area contributed by atoms with Gasteiger partial charge in [0.2, 0.25) is 0 Å². The lowest BCUT2D eigenvalue weighted by molar-refractivity contribution is -0.139. The fourth-order valence-corrected chi connectivity index (χ4v) is 2.69. The number of hydrogen-bond donors (Lipinski definition) is 3. The lowest BCUT2D eigenvalue weighted by Crippen LogP contribution is -2.45. The first-order valence-corrected chi connectivity index (χ1v) is 8.27. The summed E-state index contributed by atoms with van der Waals surface area (Å²) in [4.78, 5) is 24.3. The van der Waals surface area contributed by atoms with E-state index in [-0.39, 0.29) is 11.8 Å². The van der Waals surface area contributed by atoms with E-state index in [0.717, 1.165) is 25.7 Å². The van der Waals surface area contributed by atoms with Gasteiger partial charge in [-0.25, -0.2) is 9.59 Å². The third-order valence-corrected chi connectivity index (χ3v) is 3.92. The number of amides is 2. The molecule has 0 saturated carbocycles. The van der Waals surface area contributed by atoms with Crippen LogP contribution in [0.2, 0.25) is 0 Å². The molecule has 0 saturated heterocycles. The summed E-state index contributed by atoms with van der Waals surface area (Å²) >= 11 is 0. The second kappa shape index (κ2) is 8.38. The summed E-state index contributed by atoms with van der Waals surface area (Å²) in [6.45, 7) is 4.15. The van der Waals surface area contributed by atoms with Crippen molar-refractivity contribution in [1.82, 2.24) is 10.6 Å². The number of ether oxygens (including phenoxy) is 1. The van der Waals surface area contributed by atoms with Gasteiger partial charge < -0.3 is 20.5 Å². The molecule has 0 bridgehead atoms. The molecule has 0 unspecified atom stereocenters. The van der Waals surface area contributed by atoms with Crippen LogP contribution in [0.5, 0.6) is 5.75 Å². The minimum Gasteiger partial charge on any atom is -0.508 e. The zero-order valence-electron chi connectivity index (χ0n) is 14.1. The van der Waals surface area contributed by atoms with Crippen molar-refractivity contribution in [3.63, 3.8) is 0 Å². The SMILES string of the molecule is CCCCCCOC(=O)C1=C(C)NC(=O)N[C@@H]1c1cccc(O)c1. The molecular formula is C18H24N2O4. The maximum Gasteiger partial charge on any atom is 0.338 e. The molecule has 3 N–H and O–H groups in total. The number of carbonyl (C=O) groups is 2. The Labute approximate surface area is 141 Å². The first-order valence-electron chi connectivity index (χ1n) is 8.27. The van der Waals surface area contributed by atoms with Gasteiger partial charge in [-0.05, 0) is 31.0 Å². The van der Waals surface area contributed by atoms with Gasteiger partial charge in [-0.15, -0.1) is 0 Å². The lowest BCUT2D eigenvalue weighted by atomic mass is 9.95. The number of rotatable bonds is 7. The minimum absolute atomic E-state index is 0.0743. The van der Waals surface area contributed by atoms with E-state index >= 15 is 0 Å². The molecule has 1 atom stereocenters. The summed E-state index contributed by atoms with van der Waals surface area (Å²) in [5, 5.41) is 15.0. The van der Waals surface area contributed by atoms with Crippen molar-refractivity contribution in [2.45, 2.75) is 45.6 Å². The molecule has 1 aliphatic rings. The topological polar surface area (TPSA) is 87.7 Å². The van der Waals surface area contributed by atoms with Crippen LogP contribution in [0.4, 0.5) is 4.79 Å². The number of phenolic OH excluding ortho intramolecular Hbond substituents is 1. The highest BCUT2D eigenvalue weighted by Gasteiger charge is 2.32. The molecule has 0 aromatic heterocycles. The molecule has 1 aliphatic heterocycles. The number of phenols is 1. The van der Waals surface area contributed by atoms with Crippen LogP contribution in [0.25, 0.3) is 0 Å². The van der Waals surface area contributed by atoms with E-state index in [1.165, 1.54) is 12.1 Å². The van der Waals surface area contributed by atoms with E-state index in [1.807, 2.05) is 0 Å². The van der Waals surface area contributed by atoms with E-state index < -0.39 is 12.0 Å². The molecule has 1 aromatic carbocycles. The molecule has 130 valence electrons. The van der Waals surface area contributed by atoms with Crippen molar-refractivity contribution in [3.8, 4) is 5.75 Å². The first-order chi connectivity index (χ1) is 11.5. The van der Waals surface area contributed by atoms with Gasteiger partial charge in [0, 0.05) is 5.70 Å². The normalized spacial score (nSPS) is 17.2. The highest BCUT2D eigenvalue weighted by molar-refractivity contribution is 5.95. The summed E-state index contributed by atoms with van der Waals surface area (Å²) in [7, 11) is 0. The van der Waals surface area contributed by atoms with Crippen LogP contribution >= 0.6 is 0 Å². The van der Waals surface area contributed by atoms with Crippen LogP contribution < -0.4 is 10.6 Å². The molecule has 1 heterocycles. The van der Waals surface area contributed by atoms with E-state index in [2.05, 4.69) is 17.6 Å². The second-order valence-electron chi connectivity index (χ2n) is 5.86. The van der Waals surface area contributed by atoms with Crippen molar-refractivity contribution >= 4 is 12.0 Å². The number of aromatic hydroxyl groups is 1. The Hall–Kier alpha value is -2.50. The van der Waals surface area contributed by atoms with Gasteiger partial charge >= 0.3 is 12.0 Å². The van der Waals surface area contributed by atoms with Gasteiger partial charge in [0.15, 0.2) is 0 Å². The summed E-state index contributed by atoms with van der Waals surface area (Å²) in [6.07, 6.45) is 4.08. The Balaban J connectivity index is 2.15. The molecule has 24 heavy (non-hydrogen) atoms. The van der Waals surface area contributed by atoms with Crippen molar-refractivity contribution in [2.75, 3.05) is 6.61 Å². The fraction of sp³-hybridized carbons (Fsp3) is 0.444. The average molecular weight is 332 g/mol. The summed E-state index contributed by atoms with van der Waals surface area (Å²) in [5.74, 6) is -0.380. The van der Waals surface area contributed by atoms with Gasteiger partial charge in [0.25, 0.3) is 0 Å². The number of allylic oxidation sites excluding steroid dienone is 1. The fourth-order valence-electron chi connectivity index (χ4n) is 2.69. The van der Waals surface area contributed by atoms with Crippen molar-refractivity contribution < 1.29 is 19.4 Å². The highest BCUT2D eigenvalue weighted by atomic mass is 16.5. The van der Waals surface area contributed by atoms with Gasteiger partial charge in [0.1, 0.15) is 5.75 Å². The van der Waals surface area contributed by atoms with Crippen LogP contribution in [0.3, 0.4) is 0 Å². The Morgan fingerprint density at radius 3 is 2.79 bits per heavy atom. The van der Waals surface area contributed by atoms with E-state index in [0.29, 0.717) is 23.4 Å². The molecule has 0 aliphatic carbocycles. The Morgan fingerprint density at radius 2 is 2.08 bits per heavy atom. The number of unbranched alkanes of at least 4 members (excludes halogenated alkanes) is 3. The first kappa shape index (κ1) is 17.8. The molecule has 2 amide bonds. The molecule has 0 radical (unpaired) electrons. The predicted octanol–water partition coefficient (Wildman–Crippen LogP) is 3.14.